The first-order valence-corrected chi connectivity index (χ1v) is 16.7. The molecule has 1 amide bonds. The predicted molar refractivity (Wildman–Crippen MR) is 183 cm³/mol. The van der Waals surface area contributed by atoms with Gasteiger partial charge in [0.25, 0.3) is 5.91 Å². The molecule has 0 fully saturated rings. The third-order valence-corrected chi connectivity index (χ3v) is 9.74. The highest BCUT2D eigenvalue weighted by molar-refractivity contribution is 7.22. The molecular weight excluding hydrogens is 638 g/mol. The molecule has 3 heterocycles. The molecule has 0 saturated carbocycles. The Morgan fingerprint density at radius 2 is 1.91 bits per heavy atom. The van der Waals surface area contributed by atoms with Crippen molar-refractivity contribution in [1.29, 1.82) is 0 Å². The Hall–Kier alpha value is -4.83. The SMILES string of the molecule is CNCC#Cc1cccc(F)c1OCCCc1sc(N2CCc3cccc(C(=O)Nc4nc5ccccc5s4)c3C2)nc1C(=O)OC. The second-order valence-corrected chi connectivity index (χ2v) is 12.8. The maximum atomic E-state index is 14.6. The number of carbonyl (C=O) groups is 2. The number of esters is 1. The van der Waals surface area contributed by atoms with Gasteiger partial charge in [0.2, 0.25) is 0 Å². The summed E-state index contributed by atoms with van der Waals surface area (Å²) in [7, 11) is 3.12. The van der Waals surface area contributed by atoms with Crippen LogP contribution < -0.4 is 20.3 Å². The van der Waals surface area contributed by atoms with Gasteiger partial charge in [-0.15, -0.1) is 11.3 Å². The Balaban J connectivity index is 1.16. The molecule has 6 rings (SSSR count). The van der Waals surface area contributed by atoms with Crippen LogP contribution in [0.25, 0.3) is 10.2 Å². The van der Waals surface area contributed by atoms with Crippen molar-refractivity contribution in [3.63, 3.8) is 0 Å². The van der Waals surface area contributed by atoms with Gasteiger partial charge in [-0.1, -0.05) is 53.5 Å². The number of rotatable bonds is 10. The topological polar surface area (TPSA) is 106 Å². The molecule has 47 heavy (non-hydrogen) atoms. The van der Waals surface area contributed by atoms with Gasteiger partial charge in [0, 0.05) is 23.5 Å². The van der Waals surface area contributed by atoms with E-state index in [1.807, 2.05) is 42.5 Å². The van der Waals surface area contributed by atoms with Gasteiger partial charge in [-0.05, 0) is 67.8 Å². The molecule has 1 aliphatic rings. The van der Waals surface area contributed by atoms with E-state index in [2.05, 4.69) is 37.3 Å². The first kappa shape index (κ1) is 32.1. The molecule has 5 aromatic rings. The molecule has 12 heteroatoms. The number of hydrogen-bond donors (Lipinski definition) is 2. The average molecular weight is 670 g/mol. The zero-order valence-electron chi connectivity index (χ0n) is 25.9. The number of nitrogens with zero attached hydrogens (tertiary/aromatic N) is 3. The van der Waals surface area contributed by atoms with Crippen LogP contribution in [0.15, 0.2) is 60.7 Å². The zero-order chi connectivity index (χ0) is 32.8. The predicted octanol–water partition coefficient (Wildman–Crippen LogP) is 6.08. The van der Waals surface area contributed by atoms with Gasteiger partial charge in [0.05, 0.1) is 36.0 Å². The quantitative estimate of drug-likeness (QED) is 0.105. The molecule has 0 atom stereocenters. The second-order valence-electron chi connectivity index (χ2n) is 10.7. The van der Waals surface area contributed by atoms with Crippen LogP contribution in [0.1, 0.15) is 48.8 Å². The summed E-state index contributed by atoms with van der Waals surface area (Å²) in [6.07, 6.45) is 1.72. The number of methoxy groups -OCH3 is 1. The first-order valence-electron chi connectivity index (χ1n) is 15.1. The van der Waals surface area contributed by atoms with Crippen molar-refractivity contribution in [3.05, 3.63) is 99.3 Å². The van der Waals surface area contributed by atoms with Crippen LogP contribution >= 0.6 is 22.7 Å². The highest BCUT2D eigenvalue weighted by atomic mass is 32.1. The standard InChI is InChI=1S/C35H32FN5O4S2/c1-37-18-7-11-23-10-6-13-26(36)31(23)45-20-8-16-29-30(33(43)44-2)39-35(47-29)41-19-17-22-9-5-12-24(25(22)21-41)32(42)40-34-38-27-14-3-4-15-28(27)46-34/h3-6,9-10,12-15,37H,8,16-21H2,1-2H3,(H,38,40,42). The minimum Gasteiger partial charge on any atom is -0.489 e. The number of thiazole rings is 2. The van der Waals surface area contributed by atoms with E-state index in [1.165, 1.54) is 35.8 Å². The van der Waals surface area contributed by atoms with Crippen molar-refractivity contribution >= 4 is 55.0 Å². The van der Waals surface area contributed by atoms with Crippen LogP contribution in [0.4, 0.5) is 14.7 Å². The van der Waals surface area contributed by atoms with E-state index in [0.29, 0.717) is 53.9 Å². The lowest BCUT2D eigenvalue weighted by molar-refractivity contribution is 0.0593. The highest BCUT2D eigenvalue weighted by Crippen LogP contribution is 2.34. The summed E-state index contributed by atoms with van der Waals surface area (Å²) in [5.41, 5.74) is 4.17. The van der Waals surface area contributed by atoms with E-state index >= 15 is 0 Å². The summed E-state index contributed by atoms with van der Waals surface area (Å²) in [6, 6.07) is 18.2. The number of hydrogen-bond acceptors (Lipinski definition) is 10. The van der Waals surface area contributed by atoms with Gasteiger partial charge in [-0.25, -0.2) is 19.2 Å². The summed E-state index contributed by atoms with van der Waals surface area (Å²) in [5.74, 6) is 4.77. The summed E-state index contributed by atoms with van der Waals surface area (Å²) in [5, 5.41) is 7.14. The Morgan fingerprint density at radius 3 is 2.74 bits per heavy atom. The third-order valence-electron chi connectivity index (χ3n) is 7.62. The van der Waals surface area contributed by atoms with Crippen molar-refractivity contribution in [1.82, 2.24) is 15.3 Å². The molecule has 2 N–H and O–H groups in total. The largest absolute Gasteiger partial charge is 0.489 e. The van der Waals surface area contributed by atoms with Crippen LogP contribution in [0.5, 0.6) is 5.75 Å². The van der Waals surface area contributed by atoms with E-state index in [0.717, 1.165) is 32.6 Å². The van der Waals surface area contributed by atoms with Crippen LogP contribution in [-0.4, -0.2) is 55.7 Å². The molecular formula is C35H32FN5O4S2. The number of benzene rings is 3. The maximum Gasteiger partial charge on any atom is 0.357 e. The number of amides is 1. The van der Waals surface area contributed by atoms with E-state index in [1.54, 1.807) is 19.2 Å². The molecule has 0 unspecified atom stereocenters. The molecule has 2 aromatic heterocycles. The van der Waals surface area contributed by atoms with Crippen molar-refractivity contribution < 1.29 is 23.5 Å². The molecule has 0 saturated heterocycles. The molecule has 9 nitrogen and oxygen atoms in total. The van der Waals surface area contributed by atoms with Crippen LogP contribution in [-0.2, 0) is 24.1 Å². The van der Waals surface area contributed by atoms with Crippen molar-refractivity contribution in [3.8, 4) is 17.6 Å². The fourth-order valence-electron chi connectivity index (χ4n) is 5.34. The van der Waals surface area contributed by atoms with Crippen molar-refractivity contribution in [2.24, 2.45) is 0 Å². The lowest BCUT2D eigenvalue weighted by Crippen LogP contribution is -2.32. The van der Waals surface area contributed by atoms with Gasteiger partial charge < -0.3 is 19.7 Å². The van der Waals surface area contributed by atoms with E-state index in [4.69, 9.17) is 9.47 Å². The third kappa shape index (κ3) is 7.28. The molecule has 0 spiro atoms. The molecule has 3 aromatic carbocycles. The highest BCUT2D eigenvalue weighted by Gasteiger charge is 2.27. The molecule has 0 bridgehead atoms. The number of nitrogens with one attached hydrogen (secondary N) is 2. The Labute approximate surface area is 279 Å². The molecule has 1 aliphatic heterocycles. The van der Waals surface area contributed by atoms with E-state index < -0.39 is 11.8 Å². The number of fused-ring (bicyclic) bond motifs is 2. The fraction of sp³-hybridized carbons (Fsp3) is 0.257. The Bertz CT molecular complexity index is 1960. The molecule has 0 radical (unpaired) electrons. The van der Waals surface area contributed by atoms with E-state index in [-0.39, 0.29) is 24.0 Å². The number of anilines is 2. The lowest BCUT2D eigenvalue weighted by atomic mass is 9.94. The summed E-state index contributed by atoms with van der Waals surface area (Å²) in [4.78, 5) is 38.3. The van der Waals surface area contributed by atoms with Crippen LogP contribution in [0.2, 0.25) is 0 Å². The van der Waals surface area contributed by atoms with Gasteiger partial charge in [0.15, 0.2) is 27.5 Å². The first-order chi connectivity index (χ1) is 22.9. The monoisotopic (exact) mass is 669 g/mol. The second kappa shape index (κ2) is 14.7. The van der Waals surface area contributed by atoms with Crippen molar-refractivity contribution in [2.45, 2.75) is 25.8 Å². The van der Waals surface area contributed by atoms with Gasteiger partial charge >= 0.3 is 5.97 Å². The van der Waals surface area contributed by atoms with Gasteiger partial charge in [-0.3, -0.25) is 10.1 Å². The minimum atomic E-state index is -0.520. The number of aromatic nitrogens is 2. The van der Waals surface area contributed by atoms with Gasteiger partial charge in [-0.2, -0.15) is 0 Å². The zero-order valence-corrected chi connectivity index (χ0v) is 27.5. The minimum absolute atomic E-state index is 0.115. The smallest absolute Gasteiger partial charge is 0.357 e. The lowest BCUT2D eigenvalue weighted by Gasteiger charge is -2.29. The Morgan fingerprint density at radius 1 is 1.06 bits per heavy atom. The molecule has 240 valence electrons. The average Bonchev–Trinajstić information content (AvgIpc) is 3.70. The van der Waals surface area contributed by atoms with Crippen LogP contribution in [0, 0.1) is 17.7 Å². The van der Waals surface area contributed by atoms with E-state index in [9.17, 15) is 14.0 Å². The number of halogens is 1. The summed E-state index contributed by atoms with van der Waals surface area (Å²) >= 11 is 2.85. The number of ether oxygens (including phenoxy) is 2. The van der Waals surface area contributed by atoms with Crippen molar-refractivity contribution in [2.75, 3.05) is 44.1 Å². The number of carbonyl (C=O) groups excluding carboxylic acids is 2. The summed E-state index contributed by atoms with van der Waals surface area (Å²) < 4.78 is 26.4. The summed E-state index contributed by atoms with van der Waals surface area (Å²) in [6.45, 7) is 1.83. The Kier molecular flexibility index (Phi) is 10.1. The van der Waals surface area contributed by atoms with Crippen LogP contribution in [0.3, 0.4) is 0 Å². The normalized spacial score (nSPS) is 12.3. The molecule has 0 aliphatic carbocycles. The van der Waals surface area contributed by atoms with Gasteiger partial charge in [0.1, 0.15) is 0 Å². The number of aryl methyl sites for hydroxylation is 1. The fourth-order valence-corrected chi connectivity index (χ4v) is 7.31. The number of para-hydroxylation sites is 2. The maximum absolute atomic E-state index is 14.6.